The van der Waals surface area contributed by atoms with Crippen LogP contribution in [0.2, 0.25) is 5.02 Å². The number of carbonyl (C=O) groups is 2. The molecule has 6 nitrogen and oxygen atoms in total. The van der Waals surface area contributed by atoms with Crippen molar-refractivity contribution >= 4 is 41.5 Å². The molecule has 1 aliphatic heterocycles. The van der Waals surface area contributed by atoms with Gasteiger partial charge >= 0.3 is 0 Å². The van der Waals surface area contributed by atoms with E-state index in [1.165, 1.54) is 6.42 Å². The van der Waals surface area contributed by atoms with Gasteiger partial charge in [0.25, 0.3) is 5.91 Å². The fraction of sp³-hybridized carbons (Fsp3) is 0.600. The van der Waals surface area contributed by atoms with Crippen molar-refractivity contribution in [3.05, 3.63) is 28.8 Å². The normalized spacial score (nSPS) is 19.4. The number of nitrogens with one attached hydrogen (secondary N) is 2. The van der Waals surface area contributed by atoms with Crippen molar-refractivity contribution in [1.82, 2.24) is 5.32 Å². The van der Waals surface area contributed by atoms with Gasteiger partial charge in [0.15, 0.2) is 0 Å². The number of benzene rings is 1. The molecule has 3 rings (SSSR count). The summed E-state index contributed by atoms with van der Waals surface area (Å²) in [6.45, 7) is 1.32. The maximum Gasteiger partial charge on any atom is 0.253 e. The molecule has 1 aromatic carbocycles. The number of hydrogen-bond donors (Lipinski definition) is 3. The van der Waals surface area contributed by atoms with E-state index in [4.69, 9.17) is 22.1 Å². The highest BCUT2D eigenvalue weighted by molar-refractivity contribution is 6.34. The Balaban J connectivity index is 0.00000280. The van der Waals surface area contributed by atoms with Crippen molar-refractivity contribution in [2.45, 2.75) is 51.0 Å². The zero-order valence-electron chi connectivity index (χ0n) is 16.0. The zero-order valence-corrected chi connectivity index (χ0v) is 17.5. The third kappa shape index (κ3) is 5.38. The first-order valence-electron chi connectivity index (χ1n) is 9.74. The molecule has 2 aliphatic rings. The fourth-order valence-electron chi connectivity index (χ4n) is 3.84. The van der Waals surface area contributed by atoms with Gasteiger partial charge in [-0.3, -0.25) is 9.59 Å². The Bertz CT molecular complexity index is 687. The molecule has 1 saturated heterocycles. The monoisotopic (exact) mass is 429 g/mol. The lowest BCUT2D eigenvalue weighted by Gasteiger charge is -2.34. The first kappa shape index (κ1) is 22.9. The molecule has 0 spiro atoms. The van der Waals surface area contributed by atoms with Crippen LogP contribution in [0.15, 0.2) is 18.2 Å². The number of amides is 2. The zero-order chi connectivity index (χ0) is 19.3. The molecular weight excluding hydrogens is 401 g/mol. The summed E-state index contributed by atoms with van der Waals surface area (Å²) in [7, 11) is 0. The lowest BCUT2D eigenvalue weighted by molar-refractivity contribution is -0.130. The highest BCUT2D eigenvalue weighted by Crippen LogP contribution is 2.31. The number of nitrogens with two attached hydrogens (primary N) is 1. The summed E-state index contributed by atoms with van der Waals surface area (Å²) in [6, 6.07) is 5.19. The lowest BCUT2D eigenvalue weighted by atomic mass is 9.79. The molecule has 0 atom stereocenters. The number of halogens is 2. The molecule has 0 unspecified atom stereocenters. The van der Waals surface area contributed by atoms with Gasteiger partial charge in [0.1, 0.15) is 0 Å². The molecule has 1 aliphatic carbocycles. The molecule has 8 heteroatoms. The summed E-state index contributed by atoms with van der Waals surface area (Å²) < 4.78 is 5.36. The molecule has 1 aromatic rings. The molecule has 156 valence electrons. The Hall–Kier alpha value is -1.34. The molecule has 2 fully saturated rings. The maximum atomic E-state index is 12.8. The number of anilines is 1. The summed E-state index contributed by atoms with van der Waals surface area (Å²) in [5, 5.41) is 6.36. The second kappa shape index (κ2) is 10.4. The highest BCUT2D eigenvalue weighted by Gasteiger charge is 2.38. The van der Waals surface area contributed by atoms with Gasteiger partial charge in [-0.2, -0.15) is 0 Å². The van der Waals surface area contributed by atoms with E-state index in [0.717, 1.165) is 25.7 Å². The van der Waals surface area contributed by atoms with Crippen LogP contribution in [0, 0.1) is 5.41 Å². The van der Waals surface area contributed by atoms with Crippen LogP contribution in [-0.4, -0.2) is 37.6 Å². The van der Waals surface area contributed by atoms with Gasteiger partial charge in [-0.15, -0.1) is 12.4 Å². The van der Waals surface area contributed by atoms with E-state index in [9.17, 15) is 9.59 Å². The van der Waals surface area contributed by atoms with Gasteiger partial charge in [-0.1, -0.05) is 30.9 Å². The third-order valence-corrected chi connectivity index (χ3v) is 6.06. The van der Waals surface area contributed by atoms with Crippen molar-refractivity contribution in [1.29, 1.82) is 0 Å². The Morgan fingerprint density at radius 1 is 1.18 bits per heavy atom. The molecule has 2 amide bonds. The summed E-state index contributed by atoms with van der Waals surface area (Å²) in [5.74, 6) is -0.322. The minimum Gasteiger partial charge on any atom is -0.381 e. The minimum atomic E-state index is -0.623. The second-order valence-electron chi connectivity index (χ2n) is 7.55. The van der Waals surface area contributed by atoms with Crippen LogP contribution in [-0.2, 0) is 9.53 Å². The first-order chi connectivity index (χ1) is 13.0. The Labute approximate surface area is 177 Å². The van der Waals surface area contributed by atoms with Gasteiger partial charge in [-0.05, 0) is 43.9 Å². The van der Waals surface area contributed by atoms with Crippen LogP contribution in [0.5, 0.6) is 0 Å². The Kier molecular flexibility index (Phi) is 8.56. The number of ether oxygens (including phenoxy) is 1. The van der Waals surface area contributed by atoms with Gasteiger partial charge < -0.3 is 21.1 Å². The van der Waals surface area contributed by atoms with Gasteiger partial charge in [0.05, 0.1) is 16.0 Å². The molecule has 28 heavy (non-hydrogen) atoms. The average Bonchev–Trinajstić information content (AvgIpc) is 2.70. The van der Waals surface area contributed by atoms with Crippen molar-refractivity contribution < 1.29 is 14.3 Å². The first-order valence-corrected chi connectivity index (χ1v) is 10.1. The van der Waals surface area contributed by atoms with Gasteiger partial charge in [-0.25, -0.2) is 0 Å². The predicted octanol–water partition coefficient (Wildman–Crippen LogP) is 3.52. The van der Waals surface area contributed by atoms with Gasteiger partial charge in [0.2, 0.25) is 5.91 Å². The third-order valence-electron chi connectivity index (χ3n) is 5.73. The fourth-order valence-corrected chi connectivity index (χ4v) is 4.04. The van der Waals surface area contributed by atoms with Crippen LogP contribution >= 0.6 is 24.0 Å². The Morgan fingerprint density at radius 2 is 1.86 bits per heavy atom. The van der Waals surface area contributed by atoms with E-state index in [-0.39, 0.29) is 36.8 Å². The van der Waals surface area contributed by atoms with E-state index in [2.05, 4.69) is 10.6 Å². The second-order valence-corrected chi connectivity index (χ2v) is 7.96. The van der Waals surface area contributed by atoms with Crippen LogP contribution in [0.25, 0.3) is 0 Å². The lowest BCUT2D eigenvalue weighted by Crippen LogP contribution is -2.46. The maximum absolute atomic E-state index is 12.8. The molecule has 0 radical (unpaired) electrons. The summed E-state index contributed by atoms with van der Waals surface area (Å²) in [5.41, 5.74) is 6.21. The Morgan fingerprint density at radius 3 is 2.50 bits per heavy atom. The van der Waals surface area contributed by atoms with Gasteiger partial charge in [0, 0.05) is 31.5 Å². The average molecular weight is 430 g/mol. The summed E-state index contributed by atoms with van der Waals surface area (Å²) in [6.07, 6.45) is 6.69. The molecule has 4 N–H and O–H groups in total. The SMILES string of the molecule is Cl.NCC1(C(=O)Nc2ccc(Cl)c(C(=O)NC3CCCCC3)c2)CCOCC1. The minimum absolute atomic E-state index is 0. The number of carbonyl (C=O) groups excluding carboxylic acids is 2. The van der Waals surface area contributed by atoms with Crippen LogP contribution in [0.1, 0.15) is 55.3 Å². The van der Waals surface area contributed by atoms with E-state index >= 15 is 0 Å². The molecule has 1 saturated carbocycles. The number of hydrogen-bond acceptors (Lipinski definition) is 4. The smallest absolute Gasteiger partial charge is 0.253 e. The highest BCUT2D eigenvalue weighted by atomic mass is 35.5. The van der Waals surface area contributed by atoms with Crippen LogP contribution < -0.4 is 16.4 Å². The molecule has 0 bridgehead atoms. The standard InChI is InChI=1S/C20H28ClN3O3.ClH/c21-17-7-6-15(24-19(26)20(13-22)8-10-27-11-9-20)12-16(17)18(25)23-14-4-2-1-3-5-14;/h6-7,12,14H,1-5,8-11,13,22H2,(H,23,25)(H,24,26);1H. The van der Waals surface area contributed by atoms with Crippen molar-refractivity contribution in [3.63, 3.8) is 0 Å². The topological polar surface area (TPSA) is 93.5 Å². The van der Waals surface area contributed by atoms with E-state index in [0.29, 0.717) is 42.3 Å². The quantitative estimate of drug-likeness (QED) is 0.667. The van der Waals surface area contributed by atoms with E-state index < -0.39 is 5.41 Å². The van der Waals surface area contributed by atoms with Crippen molar-refractivity contribution in [2.24, 2.45) is 11.1 Å². The van der Waals surface area contributed by atoms with Crippen LogP contribution in [0.3, 0.4) is 0 Å². The van der Waals surface area contributed by atoms with E-state index in [1.54, 1.807) is 18.2 Å². The molecular formula is C20H29Cl2N3O3. The number of rotatable bonds is 5. The summed E-state index contributed by atoms with van der Waals surface area (Å²) >= 11 is 6.24. The molecule has 1 heterocycles. The van der Waals surface area contributed by atoms with E-state index in [1.807, 2.05) is 0 Å². The van der Waals surface area contributed by atoms with Crippen molar-refractivity contribution in [2.75, 3.05) is 25.1 Å². The molecule has 0 aromatic heterocycles. The summed E-state index contributed by atoms with van der Waals surface area (Å²) in [4.78, 5) is 25.5. The predicted molar refractivity (Wildman–Crippen MR) is 113 cm³/mol. The van der Waals surface area contributed by atoms with Crippen molar-refractivity contribution in [3.8, 4) is 0 Å². The largest absolute Gasteiger partial charge is 0.381 e. The van der Waals surface area contributed by atoms with Crippen LogP contribution in [0.4, 0.5) is 5.69 Å².